The lowest BCUT2D eigenvalue weighted by atomic mass is 9.91. The lowest BCUT2D eigenvalue weighted by Gasteiger charge is -2.16. The van der Waals surface area contributed by atoms with Gasteiger partial charge in [-0.3, -0.25) is 0 Å². The minimum atomic E-state index is 0.732. The number of rotatable bonds is 15. The molecule has 0 aromatic heterocycles. The number of thioether (sulfide) groups is 1. The van der Waals surface area contributed by atoms with Crippen molar-refractivity contribution in [2.24, 2.45) is 17.8 Å². The fourth-order valence-electron chi connectivity index (χ4n) is 3.67. The molecule has 0 aliphatic heterocycles. The highest BCUT2D eigenvalue weighted by Gasteiger charge is 2.09. The average Bonchev–Trinajstić information content (AvgIpc) is 2.62. The zero-order chi connectivity index (χ0) is 19.2. The van der Waals surface area contributed by atoms with E-state index >= 15 is 0 Å². The number of benzene rings is 1. The molecule has 0 aliphatic rings. The minimum absolute atomic E-state index is 0.732. The van der Waals surface area contributed by atoms with Gasteiger partial charge in [-0.05, 0) is 36.3 Å². The van der Waals surface area contributed by atoms with E-state index in [1.165, 1.54) is 69.1 Å². The molecule has 150 valence electrons. The van der Waals surface area contributed by atoms with Crippen molar-refractivity contribution in [2.45, 2.75) is 109 Å². The van der Waals surface area contributed by atoms with Crippen LogP contribution >= 0.6 is 11.8 Å². The highest BCUT2D eigenvalue weighted by molar-refractivity contribution is 7.99. The molecule has 0 nitrogen and oxygen atoms in total. The van der Waals surface area contributed by atoms with Gasteiger partial charge in [0.05, 0.1) is 0 Å². The van der Waals surface area contributed by atoms with Crippen LogP contribution in [0.15, 0.2) is 35.2 Å². The summed E-state index contributed by atoms with van der Waals surface area (Å²) in [6.45, 7) is 12.0. The smallest absolute Gasteiger partial charge is 0.00746 e. The zero-order valence-electron chi connectivity index (χ0n) is 18.2. The van der Waals surface area contributed by atoms with Crippen LogP contribution in [-0.4, -0.2) is 5.25 Å². The maximum Gasteiger partial charge on any atom is 0.00746 e. The molecule has 0 bridgehead atoms. The molecule has 4 unspecified atom stereocenters. The Bertz CT molecular complexity index is 427. The molecule has 1 aromatic rings. The molecule has 1 aromatic carbocycles. The Morgan fingerprint density at radius 1 is 0.654 bits per heavy atom. The minimum Gasteiger partial charge on any atom is -0.123 e. The maximum atomic E-state index is 2.46. The number of hydrogen-bond donors (Lipinski definition) is 0. The van der Waals surface area contributed by atoms with Crippen molar-refractivity contribution in [3.05, 3.63) is 30.3 Å². The fourth-order valence-corrected chi connectivity index (χ4v) is 4.73. The molecule has 0 fully saturated rings. The first-order valence-electron chi connectivity index (χ1n) is 11.2. The van der Waals surface area contributed by atoms with Gasteiger partial charge in [0, 0.05) is 10.1 Å². The first-order chi connectivity index (χ1) is 12.5. The Morgan fingerprint density at radius 2 is 1.12 bits per heavy atom. The third kappa shape index (κ3) is 12.0. The van der Waals surface area contributed by atoms with Crippen LogP contribution in [0.2, 0.25) is 0 Å². The van der Waals surface area contributed by atoms with E-state index in [0.717, 1.165) is 23.0 Å². The van der Waals surface area contributed by atoms with Gasteiger partial charge in [-0.25, -0.2) is 0 Å². The second-order valence-electron chi connectivity index (χ2n) is 8.76. The van der Waals surface area contributed by atoms with Gasteiger partial charge >= 0.3 is 0 Å². The molecule has 0 radical (unpaired) electrons. The van der Waals surface area contributed by atoms with E-state index in [2.05, 4.69) is 65.0 Å². The van der Waals surface area contributed by atoms with Crippen LogP contribution in [0.5, 0.6) is 0 Å². The van der Waals surface area contributed by atoms with E-state index < -0.39 is 0 Å². The molecule has 0 amide bonds. The topological polar surface area (TPSA) is 0 Å². The Morgan fingerprint density at radius 3 is 1.62 bits per heavy atom. The summed E-state index contributed by atoms with van der Waals surface area (Å²) >= 11 is 2.03. The molecule has 0 heterocycles. The van der Waals surface area contributed by atoms with E-state index in [1.807, 2.05) is 11.8 Å². The number of hydrogen-bond acceptors (Lipinski definition) is 1. The van der Waals surface area contributed by atoms with Crippen LogP contribution in [0.4, 0.5) is 0 Å². The Kier molecular flexibility index (Phi) is 13.3. The van der Waals surface area contributed by atoms with Gasteiger partial charge in [0.15, 0.2) is 0 Å². The van der Waals surface area contributed by atoms with Crippen molar-refractivity contribution in [3.8, 4) is 0 Å². The lowest BCUT2D eigenvalue weighted by Crippen LogP contribution is -2.02. The molecule has 26 heavy (non-hydrogen) atoms. The molecular formula is C25H44S. The molecule has 1 rings (SSSR count). The van der Waals surface area contributed by atoms with Gasteiger partial charge in [-0.2, -0.15) is 0 Å². The van der Waals surface area contributed by atoms with Gasteiger partial charge in [-0.1, -0.05) is 111 Å². The maximum absolute atomic E-state index is 2.46. The summed E-state index contributed by atoms with van der Waals surface area (Å²) in [5, 5.41) is 0.732. The van der Waals surface area contributed by atoms with E-state index in [-0.39, 0.29) is 0 Å². The lowest BCUT2D eigenvalue weighted by molar-refractivity contribution is 0.381. The monoisotopic (exact) mass is 376 g/mol. The van der Waals surface area contributed by atoms with Crippen molar-refractivity contribution in [2.75, 3.05) is 0 Å². The summed E-state index contributed by atoms with van der Waals surface area (Å²) < 4.78 is 0. The predicted molar refractivity (Wildman–Crippen MR) is 121 cm³/mol. The Balaban J connectivity index is 2.01. The third-order valence-electron chi connectivity index (χ3n) is 5.87. The van der Waals surface area contributed by atoms with E-state index in [4.69, 9.17) is 0 Å². The van der Waals surface area contributed by atoms with Gasteiger partial charge in [0.1, 0.15) is 0 Å². The first-order valence-corrected chi connectivity index (χ1v) is 12.1. The summed E-state index contributed by atoms with van der Waals surface area (Å²) in [4.78, 5) is 1.41. The van der Waals surface area contributed by atoms with Crippen LogP contribution in [0.25, 0.3) is 0 Å². The molecule has 0 saturated heterocycles. The van der Waals surface area contributed by atoms with E-state index in [1.54, 1.807) is 0 Å². The zero-order valence-corrected chi connectivity index (χ0v) is 19.0. The molecule has 1 heteroatoms. The van der Waals surface area contributed by atoms with Crippen molar-refractivity contribution in [3.63, 3.8) is 0 Å². The normalized spacial score (nSPS) is 16.2. The predicted octanol–water partition coefficient (Wildman–Crippen LogP) is 9.00. The Hall–Kier alpha value is -0.430. The standard InChI is InChI=1S/C25H44S/c1-6-21(2)13-10-14-22(3)15-11-16-23(4)17-12-18-24(5)26-25-19-8-7-9-20-25/h7-9,19-24H,6,10-18H2,1-5H3. The fraction of sp³-hybridized carbons (Fsp3) is 0.760. The van der Waals surface area contributed by atoms with Crippen LogP contribution in [-0.2, 0) is 0 Å². The van der Waals surface area contributed by atoms with Crippen LogP contribution in [0.3, 0.4) is 0 Å². The summed E-state index contributed by atoms with van der Waals surface area (Å²) in [5.41, 5.74) is 0. The molecule has 0 spiro atoms. The van der Waals surface area contributed by atoms with Crippen molar-refractivity contribution < 1.29 is 0 Å². The summed E-state index contributed by atoms with van der Waals surface area (Å²) in [7, 11) is 0. The molecule has 0 aliphatic carbocycles. The van der Waals surface area contributed by atoms with Gasteiger partial charge < -0.3 is 0 Å². The SMILES string of the molecule is CCC(C)CCCC(C)CCCC(C)CCCC(C)Sc1ccccc1. The van der Waals surface area contributed by atoms with Gasteiger partial charge in [0.2, 0.25) is 0 Å². The van der Waals surface area contributed by atoms with Crippen molar-refractivity contribution in [1.29, 1.82) is 0 Å². The van der Waals surface area contributed by atoms with Gasteiger partial charge in [0.25, 0.3) is 0 Å². The second-order valence-corrected chi connectivity index (χ2v) is 10.3. The summed E-state index contributed by atoms with van der Waals surface area (Å²) in [5.74, 6) is 2.74. The molecule has 0 saturated carbocycles. The van der Waals surface area contributed by atoms with Gasteiger partial charge in [-0.15, -0.1) is 11.8 Å². The van der Waals surface area contributed by atoms with Crippen LogP contribution in [0.1, 0.15) is 98.8 Å². The van der Waals surface area contributed by atoms with Crippen LogP contribution in [0, 0.1) is 17.8 Å². The van der Waals surface area contributed by atoms with E-state index in [0.29, 0.717) is 0 Å². The second kappa shape index (κ2) is 14.6. The molecule has 0 N–H and O–H groups in total. The molecule has 4 atom stereocenters. The van der Waals surface area contributed by atoms with E-state index in [9.17, 15) is 0 Å². The third-order valence-corrected chi connectivity index (χ3v) is 7.06. The Labute approximate surface area is 168 Å². The summed E-state index contributed by atoms with van der Waals surface area (Å²) in [6.07, 6.45) is 14.1. The first kappa shape index (κ1) is 23.6. The highest BCUT2D eigenvalue weighted by Crippen LogP contribution is 2.27. The largest absolute Gasteiger partial charge is 0.123 e. The molecular weight excluding hydrogens is 332 g/mol. The summed E-state index contributed by atoms with van der Waals surface area (Å²) in [6, 6.07) is 10.8. The average molecular weight is 377 g/mol. The van der Waals surface area contributed by atoms with Crippen molar-refractivity contribution in [1.82, 2.24) is 0 Å². The van der Waals surface area contributed by atoms with Crippen LogP contribution < -0.4 is 0 Å². The highest BCUT2D eigenvalue weighted by atomic mass is 32.2. The quantitative estimate of drug-likeness (QED) is 0.275. The van der Waals surface area contributed by atoms with Crippen molar-refractivity contribution >= 4 is 11.8 Å².